The molecule has 3 rings (SSSR count). The topological polar surface area (TPSA) is 24.5 Å². The van der Waals surface area contributed by atoms with Gasteiger partial charge in [0.2, 0.25) is 0 Å². The average Bonchev–Trinajstić information content (AvgIpc) is 2.89. The number of likely N-dealkylation sites (tertiary alicyclic amines) is 1. The Hall–Kier alpha value is -0.770. The molecule has 1 N–H and O–H groups in total. The maximum atomic E-state index is 6.18. The molecule has 1 aromatic rings. The van der Waals surface area contributed by atoms with E-state index in [-0.39, 0.29) is 0 Å². The summed E-state index contributed by atoms with van der Waals surface area (Å²) in [7, 11) is 2.20. The zero-order valence-corrected chi connectivity index (χ0v) is 12.9. The second-order valence-corrected chi connectivity index (χ2v) is 6.47. The van der Waals surface area contributed by atoms with Gasteiger partial charge < -0.3 is 15.0 Å². The van der Waals surface area contributed by atoms with E-state index >= 15 is 0 Å². The van der Waals surface area contributed by atoms with Crippen molar-refractivity contribution in [2.45, 2.75) is 25.8 Å². The van der Waals surface area contributed by atoms with E-state index in [4.69, 9.17) is 16.3 Å². The zero-order valence-electron chi connectivity index (χ0n) is 12.1. The van der Waals surface area contributed by atoms with E-state index in [1.165, 1.54) is 37.1 Å². The molecule has 4 heteroatoms. The number of rotatable bonds is 4. The monoisotopic (exact) mass is 294 g/mol. The number of nitrogens with one attached hydrogen (secondary N) is 1. The number of fused-ring (bicyclic) bond motifs is 1. The Bertz CT molecular complexity index is 470. The summed E-state index contributed by atoms with van der Waals surface area (Å²) in [5.41, 5.74) is 2.46. The van der Waals surface area contributed by atoms with Gasteiger partial charge in [0.25, 0.3) is 0 Å². The summed E-state index contributed by atoms with van der Waals surface area (Å²) in [6.07, 6.45) is 3.58. The van der Waals surface area contributed by atoms with Crippen LogP contribution < -0.4 is 10.1 Å². The highest BCUT2D eigenvalue weighted by Crippen LogP contribution is 2.32. The van der Waals surface area contributed by atoms with Gasteiger partial charge in [-0.15, -0.1) is 0 Å². The molecule has 1 fully saturated rings. The van der Waals surface area contributed by atoms with E-state index in [0.29, 0.717) is 0 Å². The van der Waals surface area contributed by atoms with Crippen molar-refractivity contribution in [2.75, 3.05) is 33.3 Å². The van der Waals surface area contributed by atoms with Crippen molar-refractivity contribution in [3.05, 3.63) is 28.3 Å². The summed E-state index contributed by atoms with van der Waals surface area (Å²) in [6, 6.07) is 4.07. The molecule has 2 aliphatic rings. The summed E-state index contributed by atoms with van der Waals surface area (Å²) < 4.78 is 5.74. The molecule has 1 aromatic carbocycles. The minimum Gasteiger partial charge on any atom is -0.493 e. The molecule has 2 heterocycles. The van der Waals surface area contributed by atoms with Crippen LogP contribution in [0.2, 0.25) is 5.02 Å². The van der Waals surface area contributed by atoms with Gasteiger partial charge in [-0.2, -0.15) is 0 Å². The Morgan fingerprint density at radius 2 is 2.15 bits per heavy atom. The summed E-state index contributed by atoms with van der Waals surface area (Å²) in [4.78, 5) is 2.41. The summed E-state index contributed by atoms with van der Waals surface area (Å²) in [5, 5.41) is 4.41. The molecular weight excluding hydrogens is 272 g/mol. The van der Waals surface area contributed by atoms with Crippen LogP contribution >= 0.6 is 11.6 Å². The van der Waals surface area contributed by atoms with Crippen LogP contribution in [0.3, 0.4) is 0 Å². The summed E-state index contributed by atoms with van der Waals surface area (Å²) >= 11 is 6.18. The molecule has 1 saturated heterocycles. The quantitative estimate of drug-likeness (QED) is 0.924. The molecule has 0 amide bonds. The van der Waals surface area contributed by atoms with Gasteiger partial charge in [0.05, 0.1) is 6.61 Å². The Kier molecular flexibility index (Phi) is 4.49. The van der Waals surface area contributed by atoms with E-state index in [1.54, 1.807) is 0 Å². The first-order valence-corrected chi connectivity index (χ1v) is 7.93. The van der Waals surface area contributed by atoms with Crippen molar-refractivity contribution in [1.82, 2.24) is 10.2 Å². The van der Waals surface area contributed by atoms with Crippen molar-refractivity contribution >= 4 is 11.6 Å². The highest BCUT2D eigenvalue weighted by Gasteiger charge is 2.19. The van der Waals surface area contributed by atoms with Crippen LogP contribution in [-0.4, -0.2) is 38.2 Å². The predicted molar refractivity (Wildman–Crippen MR) is 82.6 cm³/mol. The van der Waals surface area contributed by atoms with Crippen molar-refractivity contribution in [3.63, 3.8) is 0 Å². The number of nitrogens with zero attached hydrogens (tertiary/aromatic N) is 1. The summed E-state index contributed by atoms with van der Waals surface area (Å²) in [6.45, 7) is 5.19. The highest BCUT2D eigenvalue weighted by molar-refractivity contribution is 6.30. The van der Waals surface area contributed by atoms with Crippen LogP contribution in [0.1, 0.15) is 24.0 Å². The maximum Gasteiger partial charge on any atom is 0.127 e. The van der Waals surface area contributed by atoms with E-state index in [9.17, 15) is 0 Å². The van der Waals surface area contributed by atoms with E-state index < -0.39 is 0 Å². The molecule has 3 nitrogen and oxygen atoms in total. The number of benzene rings is 1. The van der Waals surface area contributed by atoms with Crippen LogP contribution in [0.15, 0.2) is 12.1 Å². The Morgan fingerprint density at radius 1 is 1.35 bits per heavy atom. The molecule has 0 atom stereocenters. The fourth-order valence-corrected chi connectivity index (χ4v) is 3.42. The van der Waals surface area contributed by atoms with Gasteiger partial charge in [-0.05, 0) is 63.1 Å². The summed E-state index contributed by atoms with van der Waals surface area (Å²) in [5.74, 6) is 1.87. The fourth-order valence-electron chi connectivity index (χ4n) is 3.15. The molecule has 0 radical (unpaired) electrons. The third-order valence-electron chi connectivity index (χ3n) is 4.41. The molecule has 0 bridgehead atoms. The van der Waals surface area contributed by atoms with Gasteiger partial charge in [-0.1, -0.05) is 11.6 Å². The highest BCUT2D eigenvalue weighted by atomic mass is 35.5. The zero-order chi connectivity index (χ0) is 13.9. The van der Waals surface area contributed by atoms with Crippen molar-refractivity contribution in [1.29, 1.82) is 0 Å². The van der Waals surface area contributed by atoms with Gasteiger partial charge in [0, 0.05) is 23.6 Å². The first kappa shape index (κ1) is 14.2. The molecular formula is C16H23ClN2O. The molecule has 0 saturated carbocycles. The van der Waals surface area contributed by atoms with Crippen molar-refractivity contribution in [2.24, 2.45) is 5.92 Å². The van der Waals surface area contributed by atoms with E-state index in [1.807, 2.05) is 12.1 Å². The van der Waals surface area contributed by atoms with E-state index in [2.05, 4.69) is 17.3 Å². The molecule has 0 aliphatic carbocycles. The first-order valence-electron chi connectivity index (χ1n) is 7.56. The fraction of sp³-hybridized carbons (Fsp3) is 0.625. The van der Waals surface area contributed by atoms with Gasteiger partial charge in [0.1, 0.15) is 5.75 Å². The SMILES string of the molecule is CN1CCC(CNCc2cc(Cl)cc3c2OCC3)CC1. The third-order valence-corrected chi connectivity index (χ3v) is 4.63. The second kappa shape index (κ2) is 6.33. The van der Waals surface area contributed by atoms with Crippen LogP contribution in [0, 0.1) is 5.92 Å². The number of halogens is 1. The minimum absolute atomic E-state index is 0.789. The molecule has 20 heavy (non-hydrogen) atoms. The van der Waals surface area contributed by atoms with Crippen LogP contribution in [0.4, 0.5) is 0 Å². The molecule has 0 spiro atoms. The lowest BCUT2D eigenvalue weighted by atomic mass is 9.97. The van der Waals surface area contributed by atoms with Gasteiger partial charge in [0.15, 0.2) is 0 Å². The Morgan fingerprint density at radius 3 is 2.95 bits per heavy atom. The third kappa shape index (κ3) is 3.27. The number of ether oxygens (including phenoxy) is 1. The van der Waals surface area contributed by atoms with Crippen LogP contribution in [0.25, 0.3) is 0 Å². The largest absolute Gasteiger partial charge is 0.493 e. The molecule has 0 aromatic heterocycles. The lowest BCUT2D eigenvalue weighted by Crippen LogP contribution is -2.34. The molecule has 0 unspecified atom stereocenters. The number of piperidine rings is 1. The van der Waals surface area contributed by atoms with Crippen LogP contribution in [-0.2, 0) is 13.0 Å². The number of hydrogen-bond donors (Lipinski definition) is 1. The van der Waals surface area contributed by atoms with Gasteiger partial charge in [-0.3, -0.25) is 0 Å². The second-order valence-electron chi connectivity index (χ2n) is 6.03. The first-order chi connectivity index (χ1) is 9.72. The van der Waals surface area contributed by atoms with Crippen LogP contribution in [0.5, 0.6) is 5.75 Å². The van der Waals surface area contributed by atoms with Gasteiger partial charge >= 0.3 is 0 Å². The maximum absolute atomic E-state index is 6.18. The normalized spacial score (nSPS) is 19.9. The van der Waals surface area contributed by atoms with Crippen molar-refractivity contribution in [3.8, 4) is 5.75 Å². The Labute approximate surface area is 126 Å². The van der Waals surface area contributed by atoms with Gasteiger partial charge in [-0.25, -0.2) is 0 Å². The standard InChI is InChI=1S/C16H23ClN2O/c1-19-5-2-12(3-6-19)10-18-11-14-9-15(17)8-13-4-7-20-16(13)14/h8-9,12,18H,2-7,10-11H2,1H3. The van der Waals surface area contributed by atoms with E-state index in [0.717, 1.165) is 42.8 Å². The average molecular weight is 295 g/mol. The lowest BCUT2D eigenvalue weighted by molar-refractivity contribution is 0.216. The molecule has 2 aliphatic heterocycles. The Balaban J connectivity index is 1.54. The minimum atomic E-state index is 0.789. The lowest BCUT2D eigenvalue weighted by Gasteiger charge is -2.29. The predicted octanol–water partition coefficient (Wildman–Crippen LogP) is 2.71. The smallest absolute Gasteiger partial charge is 0.127 e. The number of hydrogen-bond acceptors (Lipinski definition) is 3. The van der Waals surface area contributed by atoms with Crippen molar-refractivity contribution < 1.29 is 4.74 Å². The molecule has 110 valence electrons.